The van der Waals surface area contributed by atoms with Crippen LogP contribution in [0, 0.1) is 5.41 Å². The molecule has 0 radical (unpaired) electrons. The van der Waals surface area contributed by atoms with Crippen molar-refractivity contribution in [2.45, 2.75) is 26.2 Å². The molecule has 0 aliphatic carbocycles. The molecule has 0 spiro atoms. The number of thioether (sulfide) groups is 1. The summed E-state index contributed by atoms with van der Waals surface area (Å²) in [6.07, 6.45) is 4.11. The molecule has 0 aromatic heterocycles. The number of carbonyl (C=O) groups excluding carboxylic acids is 1. The lowest BCUT2D eigenvalue weighted by atomic mass is 9.78. The summed E-state index contributed by atoms with van der Waals surface area (Å²) in [6, 6.07) is 0. The van der Waals surface area contributed by atoms with Crippen LogP contribution in [0.4, 0.5) is 0 Å². The predicted octanol–water partition coefficient (Wildman–Crippen LogP) is 2.66. The van der Waals surface area contributed by atoms with E-state index >= 15 is 0 Å². The lowest BCUT2D eigenvalue weighted by molar-refractivity contribution is -0.116. The Labute approximate surface area is 78.6 Å². The standard InChI is InChI=1S/C10H16OS/c1-9(2)7-10(8-11)3-5-12-6-4-10/h8H,1,3-7H2,2H3. The van der Waals surface area contributed by atoms with Crippen molar-refractivity contribution in [3.05, 3.63) is 12.2 Å². The minimum atomic E-state index is -0.0584. The van der Waals surface area contributed by atoms with Gasteiger partial charge in [-0.15, -0.1) is 6.58 Å². The minimum absolute atomic E-state index is 0.0584. The average molecular weight is 184 g/mol. The summed E-state index contributed by atoms with van der Waals surface area (Å²) in [4.78, 5) is 11.0. The molecule has 1 aliphatic rings. The van der Waals surface area contributed by atoms with Gasteiger partial charge in [-0.3, -0.25) is 0 Å². The van der Waals surface area contributed by atoms with Crippen LogP contribution < -0.4 is 0 Å². The highest BCUT2D eigenvalue weighted by Gasteiger charge is 2.31. The van der Waals surface area contributed by atoms with Gasteiger partial charge in [0.1, 0.15) is 6.29 Å². The average Bonchev–Trinajstić information content (AvgIpc) is 2.05. The molecule has 0 unspecified atom stereocenters. The largest absolute Gasteiger partial charge is 0.303 e. The Kier molecular flexibility index (Phi) is 3.39. The first-order valence-electron chi connectivity index (χ1n) is 4.37. The maximum Gasteiger partial charge on any atom is 0.126 e. The number of aldehydes is 1. The zero-order valence-corrected chi connectivity index (χ0v) is 8.45. The molecule has 68 valence electrons. The summed E-state index contributed by atoms with van der Waals surface area (Å²) in [7, 11) is 0. The quantitative estimate of drug-likeness (QED) is 0.495. The van der Waals surface area contributed by atoms with E-state index in [1.807, 2.05) is 18.7 Å². The number of allylic oxidation sites excluding steroid dienone is 1. The molecule has 1 saturated heterocycles. The van der Waals surface area contributed by atoms with Gasteiger partial charge in [0.05, 0.1) is 0 Å². The van der Waals surface area contributed by atoms with Crippen LogP contribution in [-0.2, 0) is 4.79 Å². The molecular weight excluding hydrogens is 168 g/mol. The molecule has 0 amide bonds. The van der Waals surface area contributed by atoms with E-state index < -0.39 is 0 Å². The second kappa shape index (κ2) is 4.13. The minimum Gasteiger partial charge on any atom is -0.303 e. The highest BCUT2D eigenvalue weighted by molar-refractivity contribution is 7.99. The Morgan fingerprint density at radius 1 is 1.58 bits per heavy atom. The van der Waals surface area contributed by atoms with E-state index in [1.54, 1.807) is 0 Å². The molecule has 0 aromatic rings. The van der Waals surface area contributed by atoms with Crippen molar-refractivity contribution in [2.75, 3.05) is 11.5 Å². The zero-order chi connectivity index (χ0) is 9.03. The van der Waals surface area contributed by atoms with E-state index in [0.29, 0.717) is 0 Å². The van der Waals surface area contributed by atoms with Crippen molar-refractivity contribution in [3.63, 3.8) is 0 Å². The van der Waals surface area contributed by atoms with Gasteiger partial charge in [0.2, 0.25) is 0 Å². The third-order valence-electron chi connectivity index (χ3n) is 2.39. The third-order valence-corrected chi connectivity index (χ3v) is 3.38. The lowest BCUT2D eigenvalue weighted by Crippen LogP contribution is -2.28. The molecule has 1 fully saturated rings. The molecule has 0 saturated carbocycles. The van der Waals surface area contributed by atoms with E-state index in [2.05, 4.69) is 6.58 Å². The Hall–Kier alpha value is -0.240. The molecule has 2 heteroatoms. The molecule has 0 N–H and O–H groups in total. The summed E-state index contributed by atoms with van der Waals surface area (Å²) < 4.78 is 0. The van der Waals surface area contributed by atoms with E-state index in [0.717, 1.165) is 42.6 Å². The summed E-state index contributed by atoms with van der Waals surface area (Å²) >= 11 is 1.95. The van der Waals surface area contributed by atoms with E-state index in [9.17, 15) is 4.79 Å². The first-order chi connectivity index (χ1) is 5.68. The third kappa shape index (κ3) is 2.37. The number of hydrogen-bond donors (Lipinski definition) is 0. The van der Waals surface area contributed by atoms with Gasteiger partial charge < -0.3 is 4.79 Å². The van der Waals surface area contributed by atoms with Crippen LogP contribution in [0.25, 0.3) is 0 Å². The molecule has 1 aliphatic heterocycles. The molecule has 1 heterocycles. The van der Waals surface area contributed by atoms with Gasteiger partial charge in [-0.1, -0.05) is 5.57 Å². The molecule has 1 nitrogen and oxygen atoms in total. The van der Waals surface area contributed by atoms with Crippen molar-refractivity contribution in [2.24, 2.45) is 5.41 Å². The summed E-state index contributed by atoms with van der Waals surface area (Å²) in [6.45, 7) is 5.88. The second-order valence-electron chi connectivity index (χ2n) is 3.73. The fourth-order valence-electron chi connectivity index (χ4n) is 1.72. The molecule has 0 aromatic carbocycles. The molecule has 1 rings (SSSR count). The predicted molar refractivity (Wildman–Crippen MR) is 54.5 cm³/mol. The highest BCUT2D eigenvalue weighted by Crippen LogP contribution is 2.37. The van der Waals surface area contributed by atoms with Gasteiger partial charge in [0, 0.05) is 5.41 Å². The Morgan fingerprint density at radius 2 is 2.17 bits per heavy atom. The van der Waals surface area contributed by atoms with Crippen molar-refractivity contribution in [3.8, 4) is 0 Å². The van der Waals surface area contributed by atoms with E-state index in [1.165, 1.54) is 0 Å². The van der Waals surface area contributed by atoms with Crippen LogP contribution in [0.1, 0.15) is 26.2 Å². The monoisotopic (exact) mass is 184 g/mol. The Morgan fingerprint density at radius 3 is 2.58 bits per heavy atom. The van der Waals surface area contributed by atoms with Crippen LogP contribution in [0.3, 0.4) is 0 Å². The van der Waals surface area contributed by atoms with Crippen molar-refractivity contribution >= 4 is 18.0 Å². The second-order valence-corrected chi connectivity index (χ2v) is 4.95. The van der Waals surface area contributed by atoms with E-state index in [-0.39, 0.29) is 5.41 Å². The van der Waals surface area contributed by atoms with Gasteiger partial charge in [-0.25, -0.2) is 0 Å². The van der Waals surface area contributed by atoms with Gasteiger partial charge in [-0.2, -0.15) is 11.8 Å². The lowest BCUT2D eigenvalue weighted by Gasteiger charge is -2.31. The maximum absolute atomic E-state index is 11.0. The summed E-state index contributed by atoms with van der Waals surface area (Å²) in [5.41, 5.74) is 1.07. The fraction of sp³-hybridized carbons (Fsp3) is 0.700. The number of rotatable bonds is 3. The van der Waals surface area contributed by atoms with E-state index in [4.69, 9.17) is 0 Å². The van der Waals surface area contributed by atoms with Crippen LogP contribution in [0.15, 0.2) is 12.2 Å². The van der Waals surface area contributed by atoms with Crippen LogP contribution in [-0.4, -0.2) is 17.8 Å². The Bertz CT molecular complexity index is 180. The topological polar surface area (TPSA) is 17.1 Å². The van der Waals surface area contributed by atoms with Crippen LogP contribution in [0.2, 0.25) is 0 Å². The molecular formula is C10H16OS. The smallest absolute Gasteiger partial charge is 0.126 e. The van der Waals surface area contributed by atoms with Gasteiger partial charge >= 0.3 is 0 Å². The molecule has 0 atom stereocenters. The van der Waals surface area contributed by atoms with Gasteiger partial charge in [0.15, 0.2) is 0 Å². The SMILES string of the molecule is C=C(C)CC1(C=O)CCSCC1. The Balaban J connectivity index is 2.59. The van der Waals surface area contributed by atoms with Crippen molar-refractivity contribution < 1.29 is 4.79 Å². The van der Waals surface area contributed by atoms with Crippen LogP contribution >= 0.6 is 11.8 Å². The normalized spacial score (nSPS) is 21.8. The van der Waals surface area contributed by atoms with Crippen molar-refractivity contribution in [1.82, 2.24) is 0 Å². The van der Waals surface area contributed by atoms with Crippen LogP contribution in [0.5, 0.6) is 0 Å². The first kappa shape index (κ1) is 9.85. The maximum atomic E-state index is 11.0. The first-order valence-corrected chi connectivity index (χ1v) is 5.52. The summed E-state index contributed by atoms with van der Waals surface area (Å²) in [5, 5.41) is 0. The number of carbonyl (C=O) groups is 1. The fourth-order valence-corrected chi connectivity index (χ4v) is 3.02. The molecule has 0 bridgehead atoms. The van der Waals surface area contributed by atoms with Crippen molar-refractivity contribution in [1.29, 1.82) is 0 Å². The summed E-state index contributed by atoms with van der Waals surface area (Å²) in [5.74, 6) is 2.26. The van der Waals surface area contributed by atoms with Gasteiger partial charge in [-0.05, 0) is 37.7 Å². The van der Waals surface area contributed by atoms with Gasteiger partial charge in [0.25, 0.3) is 0 Å². The number of hydrogen-bond acceptors (Lipinski definition) is 2. The molecule has 12 heavy (non-hydrogen) atoms. The zero-order valence-electron chi connectivity index (χ0n) is 7.64. The highest BCUT2D eigenvalue weighted by atomic mass is 32.2.